The lowest BCUT2D eigenvalue weighted by atomic mass is 9.98. The Morgan fingerprint density at radius 3 is 2.23 bits per heavy atom. The van der Waals surface area contributed by atoms with Gasteiger partial charge >= 0.3 is 0 Å². The largest absolute Gasteiger partial charge is 0.390 e. The highest BCUT2D eigenvalue weighted by Crippen LogP contribution is 2.31. The SMILES string of the molecule is CC(C)OCC(C)(C)N1C(=O)c2ccc(C(=O)C(C)(N)OCCC(C)(C)O)cc2C1=O. The first kappa shape index (κ1) is 25.1. The molecule has 0 bridgehead atoms. The van der Waals surface area contributed by atoms with Crippen LogP contribution in [0.2, 0.25) is 0 Å². The molecule has 1 aromatic carbocycles. The van der Waals surface area contributed by atoms with Crippen LogP contribution in [-0.4, -0.2) is 63.8 Å². The molecule has 172 valence electrons. The fourth-order valence-corrected chi connectivity index (χ4v) is 3.23. The summed E-state index contributed by atoms with van der Waals surface area (Å²) in [7, 11) is 0. The van der Waals surface area contributed by atoms with E-state index in [2.05, 4.69) is 0 Å². The molecular weight excluding hydrogens is 400 g/mol. The Kier molecular flexibility index (Phi) is 7.12. The molecule has 1 aliphatic rings. The summed E-state index contributed by atoms with van der Waals surface area (Å²) >= 11 is 0. The third-order valence-electron chi connectivity index (χ3n) is 5.09. The minimum Gasteiger partial charge on any atom is -0.390 e. The second-order valence-corrected chi connectivity index (χ2v) is 9.73. The molecule has 0 saturated heterocycles. The van der Waals surface area contributed by atoms with Gasteiger partial charge in [-0.05, 0) is 67.0 Å². The Hall–Kier alpha value is -2.13. The first-order valence-corrected chi connectivity index (χ1v) is 10.4. The molecule has 1 unspecified atom stereocenters. The van der Waals surface area contributed by atoms with E-state index in [1.54, 1.807) is 27.7 Å². The van der Waals surface area contributed by atoms with Crippen molar-refractivity contribution in [1.82, 2.24) is 4.90 Å². The van der Waals surface area contributed by atoms with Crippen LogP contribution in [0.15, 0.2) is 18.2 Å². The van der Waals surface area contributed by atoms with E-state index >= 15 is 0 Å². The number of nitrogens with two attached hydrogens (primary N) is 1. The van der Waals surface area contributed by atoms with Crippen molar-refractivity contribution in [2.75, 3.05) is 13.2 Å². The van der Waals surface area contributed by atoms with Gasteiger partial charge in [0.2, 0.25) is 5.78 Å². The Labute approximate surface area is 183 Å². The van der Waals surface area contributed by atoms with Crippen LogP contribution in [0.1, 0.15) is 86.0 Å². The van der Waals surface area contributed by atoms with Crippen molar-refractivity contribution < 1.29 is 29.0 Å². The first-order valence-electron chi connectivity index (χ1n) is 10.4. The third-order valence-corrected chi connectivity index (χ3v) is 5.09. The van der Waals surface area contributed by atoms with Crippen LogP contribution in [0.4, 0.5) is 0 Å². The van der Waals surface area contributed by atoms with Crippen LogP contribution in [0.25, 0.3) is 0 Å². The summed E-state index contributed by atoms with van der Waals surface area (Å²) in [5.74, 6) is -1.42. The van der Waals surface area contributed by atoms with E-state index in [1.807, 2.05) is 13.8 Å². The standard InChI is InChI=1S/C23H34N2O6/c1-14(2)30-13-21(3,4)25-19(27)16-9-8-15(12-17(16)20(25)28)18(26)23(7,24)31-11-10-22(5,6)29/h8-9,12,14,29H,10-11,13,24H2,1-7H3. The fourth-order valence-electron chi connectivity index (χ4n) is 3.23. The van der Waals surface area contributed by atoms with E-state index < -0.39 is 34.5 Å². The maximum Gasteiger partial charge on any atom is 0.262 e. The van der Waals surface area contributed by atoms with Gasteiger partial charge in [-0.1, -0.05) is 6.07 Å². The number of imide groups is 1. The summed E-state index contributed by atoms with van der Waals surface area (Å²) in [6.07, 6.45) is 0.254. The van der Waals surface area contributed by atoms with Gasteiger partial charge in [0.05, 0.1) is 41.6 Å². The number of ketones is 1. The van der Waals surface area contributed by atoms with Gasteiger partial charge in [-0.3, -0.25) is 25.0 Å². The predicted molar refractivity (Wildman–Crippen MR) is 116 cm³/mol. The zero-order chi connectivity index (χ0) is 23.8. The minimum absolute atomic E-state index is 0.0441. The smallest absolute Gasteiger partial charge is 0.262 e. The zero-order valence-corrected chi connectivity index (χ0v) is 19.4. The van der Waals surface area contributed by atoms with Crippen molar-refractivity contribution in [3.05, 3.63) is 34.9 Å². The van der Waals surface area contributed by atoms with Gasteiger partial charge in [0.15, 0.2) is 5.72 Å². The van der Waals surface area contributed by atoms with Gasteiger partial charge in [0.25, 0.3) is 11.8 Å². The maximum atomic E-state index is 13.1. The molecule has 0 saturated carbocycles. The molecule has 0 radical (unpaired) electrons. The van der Waals surface area contributed by atoms with E-state index in [9.17, 15) is 19.5 Å². The summed E-state index contributed by atoms with van der Waals surface area (Å²) in [4.78, 5) is 40.1. The molecule has 0 fully saturated rings. The van der Waals surface area contributed by atoms with Crippen LogP contribution in [0, 0.1) is 0 Å². The zero-order valence-electron chi connectivity index (χ0n) is 19.4. The van der Waals surface area contributed by atoms with Crippen molar-refractivity contribution in [1.29, 1.82) is 0 Å². The summed E-state index contributed by atoms with van der Waals surface area (Å²) in [5, 5.41) is 9.80. The number of aliphatic hydroxyl groups is 1. The van der Waals surface area contributed by atoms with Gasteiger partial charge in [-0.2, -0.15) is 0 Å². The van der Waals surface area contributed by atoms with Gasteiger partial charge in [0.1, 0.15) is 0 Å². The van der Waals surface area contributed by atoms with Gasteiger partial charge < -0.3 is 14.6 Å². The Morgan fingerprint density at radius 2 is 1.68 bits per heavy atom. The lowest BCUT2D eigenvalue weighted by Gasteiger charge is -2.34. The van der Waals surface area contributed by atoms with Crippen molar-refractivity contribution in [3.63, 3.8) is 0 Å². The van der Waals surface area contributed by atoms with E-state index in [0.717, 1.165) is 0 Å². The van der Waals surface area contributed by atoms with Crippen LogP contribution in [0.3, 0.4) is 0 Å². The number of nitrogens with zero attached hydrogens (tertiary/aromatic N) is 1. The summed E-state index contributed by atoms with van der Waals surface area (Å²) in [6.45, 7) is 12.3. The fraction of sp³-hybridized carbons (Fsp3) is 0.609. The number of carbonyl (C=O) groups is 3. The average Bonchev–Trinajstić information content (AvgIpc) is 2.89. The van der Waals surface area contributed by atoms with Crippen molar-refractivity contribution in [3.8, 4) is 0 Å². The lowest BCUT2D eigenvalue weighted by molar-refractivity contribution is -0.0370. The van der Waals surface area contributed by atoms with Crippen LogP contribution in [0.5, 0.6) is 0 Å². The number of hydrogen-bond acceptors (Lipinski definition) is 7. The Bertz CT molecular complexity index is 867. The number of hydrogen-bond donors (Lipinski definition) is 2. The molecule has 1 aromatic rings. The molecule has 1 atom stereocenters. The molecule has 3 N–H and O–H groups in total. The molecule has 1 heterocycles. The third kappa shape index (κ3) is 5.77. The van der Waals surface area contributed by atoms with Gasteiger partial charge in [-0.15, -0.1) is 0 Å². The van der Waals surface area contributed by atoms with E-state index in [0.29, 0.717) is 6.42 Å². The Morgan fingerprint density at radius 1 is 1.10 bits per heavy atom. The molecule has 2 amide bonds. The van der Waals surface area contributed by atoms with Crippen LogP contribution < -0.4 is 5.73 Å². The molecule has 1 aliphatic heterocycles. The molecule has 0 spiro atoms. The monoisotopic (exact) mass is 434 g/mol. The quantitative estimate of drug-likeness (QED) is 0.330. The minimum atomic E-state index is -1.64. The summed E-state index contributed by atoms with van der Waals surface area (Å²) < 4.78 is 11.1. The predicted octanol–water partition coefficient (Wildman–Crippen LogP) is 2.52. The van der Waals surface area contributed by atoms with E-state index in [4.69, 9.17) is 15.2 Å². The number of carbonyl (C=O) groups excluding carboxylic acids is 3. The molecule has 8 nitrogen and oxygen atoms in total. The van der Waals surface area contributed by atoms with Crippen molar-refractivity contribution >= 4 is 17.6 Å². The number of amides is 2. The Balaban J connectivity index is 2.24. The second kappa shape index (κ2) is 8.78. The lowest BCUT2D eigenvalue weighted by Crippen LogP contribution is -2.51. The van der Waals surface area contributed by atoms with Crippen LogP contribution in [-0.2, 0) is 9.47 Å². The number of fused-ring (bicyclic) bond motifs is 1. The first-order chi connectivity index (χ1) is 14.1. The number of Topliss-reactive ketones (excluding diaryl/α,β-unsaturated/α-hetero) is 1. The van der Waals surface area contributed by atoms with Crippen LogP contribution >= 0.6 is 0 Å². The number of benzene rings is 1. The molecule has 0 aromatic heterocycles. The van der Waals surface area contributed by atoms with Crippen molar-refractivity contribution in [2.45, 2.75) is 77.9 Å². The summed E-state index contributed by atoms with van der Waals surface area (Å²) in [5.41, 5.74) is 3.17. The normalized spacial score (nSPS) is 16.6. The highest BCUT2D eigenvalue weighted by atomic mass is 16.5. The topological polar surface area (TPSA) is 119 Å². The number of rotatable bonds is 10. The molecule has 2 rings (SSSR count). The molecular formula is C23H34N2O6. The van der Waals surface area contributed by atoms with Crippen molar-refractivity contribution in [2.24, 2.45) is 5.73 Å². The van der Waals surface area contributed by atoms with Gasteiger partial charge in [-0.25, -0.2) is 0 Å². The second-order valence-electron chi connectivity index (χ2n) is 9.73. The van der Waals surface area contributed by atoms with Gasteiger partial charge in [0, 0.05) is 5.56 Å². The highest BCUT2D eigenvalue weighted by molar-refractivity contribution is 6.22. The van der Waals surface area contributed by atoms with E-state index in [1.165, 1.54) is 30.0 Å². The number of ether oxygens (including phenoxy) is 2. The summed E-state index contributed by atoms with van der Waals surface area (Å²) in [6, 6.07) is 4.33. The average molecular weight is 435 g/mol. The molecule has 31 heavy (non-hydrogen) atoms. The maximum absolute atomic E-state index is 13.1. The molecule has 0 aliphatic carbocycles. The van der Waals surface area contributed by atoms with E-state index in [-0.39, 0.29) is 36.0 Å². The highest BCUT2D eigenvalue weighted by Gasteiger charge is 2.45. The molecule has 8 heteroatoms.